The first-order valence-corrected chi connectivity index (χ1v) is 11.2. The van der Waals surface area contributed by atoms with Gasteiger partial charge in [0.1, 0.15) is 5.82 Å². The molecule has 0 fully saturated rings. The van der Waals surface area contributed by atoms with Crippen LogP contribution in [0.25, 0.3) is 38.8 Å². The molecule has 3 nitrogen and oxygen atoms in total. The summed E-state index contributed by atoms with van der Waals surface area (Å²) in [6.07, 6.45) is 3.45. The average molecular weight is 424 g/mol. The van der Waals surface area contributed by atoms with Gasteiger partial charge in [0.25, 0.3) is 0 Å². The van der Waals surface area contributed by atoms with Crippen molar-refractivity contribution in [2.75, 3.05) is 0 Å². The monoisotopic (exact) mass is 424 g/mol. The van der Waals surface area contributed by atoms with E-state index in [0.29, 0.717) is 6.04 Å². The molecule has 3 aromatic heterocycles. The van der Waals surface area contributed by atoms with Crippen LogP contribution in [0.2, 0.25) is 6.82 Å². The van der Waals surface area contributed by atoms with Crippen LogP contribution in [0.5, 0.6) is 0 Å². The van der Waals surface area contributed by atoms with Gasteiger partial charge in [0.05, 0.1) is 12.4 Å². The van der Waals surface area contributed by atoms with Crippen LogP contribution in [-0.4, -0.2) is 21.2 Å². The topological polar surface area (TPSA) is 30.7 Å². The third kappa shape index (κ3) is 3.40. The van der Waals surface area contributed by atoms with Crippen LogP contribution in [0.3, 0.4) is 0 Å². The summed E-state index contributed by atoms with van der Waals surface area (Å²) in [7, 11) is 0. The van der Waals surface area contributed by atoms with Gasteiger partial charge in [0.2, 0.25) is 6.71 Å². The van der Waals surface area contributed by atoms with Crippen molar-refractivity contribution in [3.63, 3.8) is 0 Å². The fourth-order valence-corrected chi connectivity index (χ4v) is 4.63. The summed E-state index contributed by atoms with van der Waals surface area (Å²) in [5, 5.41) is 2.38. The number of rotatable bonds is 4. The number of benzene rings is 3. The highest BCUT2D eigenvalue weighted by atomic mass is 15.1. The standard InChI is InChI=1S/C29H22BN3/c1-30(28-13-4-6-17-31-28)23-10-8-9-21(19-23)22-15-16-25-24-11-2-3-12-26(24)33(27(25)20-22)29-14-5-7-18-32-29/h2-20H,1H3/i7D. The summed E-state index contributed by atoms with van der Waals surface area (Å²) in [5.74, 6) is 0.817. The summed E-state index contributed by atoms with van der Waals surface area (Å²) in [6.45, 7) is 2.41. The van der Waals surface area contributed by atoms with Crippen LogP contribution in [0, 0.1) is 0 Å². The molecule has 4 heteroatoms. The lowest BCUT2D eigenvalue weighted by Crippen LogP contribution is -2.40. The Labute approximate surface area is 194 Å². The van der Waals surface area contributed by atoms with Gasteiger partial charge in [-0.25, -0.2) is 4.98 Å². The van der Waals surface area contributed by atoms with Crippen LogP contribution >= 0.6 is 0 Å². The van der Waals surface area contributed by atoms with E-state index in [1.54, 1.807) is 12.3 Å². The number of para-hydroxylation sites is 1. The summed E-state index contributed by atoms with van der Waals surface area (Å²) in [4.78, 5) is 9.11. The van der Waals surface area contributed by atoms with Crippen molar-refractivity contribution in [1.82, 2.24) is 14.5 Å². The number of hydrogen-bond acceptors (Lipinski definition) is 2. The van der Waals surface area contributed by atoms with Gasteiger partial charge in [-0.2, -0.15) is 0 Å². The molecular weight excluding hydrogens is 401 g/mol. The van der Waals surface area contributed by atoms with Gasteiger partial charge in [-0.3, -0.25) is 9.55 Å². The zero-order chi connectivity index (χ0) is 23.1. The molecule has 0 radical (unpaired) electrons. The van der Waals surface area contributed by atoms with E-state index in [2.05, 4.69) is 94.2 Å². The molecule has 0 aliphatic rings. The SMILES string of the molecule is [2H]c1ccc(-n2c3ccccc3c3ccc(-c4cccc(B(C)c5ccccn5)c4)cc32)nc1. The number of pyridine rings is 2. The van der Waals surface area contributed by atoms with Gasteiger partial charge in [-0.1, -0.05) is 79.0 Å². The fraction of sp³-hybridized carbons (Fsp3) is 0.0345. The lowest BCUT2D eigenvalue weighted by atomic mass is 9.44. The third-order valence-electron chi connectivity index (χ3n) is 6.35. The van der Waals surface area contributed by atoms with Crippen molar-refractivity contribution < 1.29 is 1.37 Å². The first-order chi connectivity index (χ1) is 16.7. The van der Waals surface area contributed by atoms with Crippen molar-refractivity contribution >= 4 is 39.6 Å². The molecule has 33 heavy (non-hydrogen) atoms. The second kappa shape index (κ2) is 8.07. The molecule has 3 heterocycles. The van der Waals surface area contributed by atoms with E-state index in [4.69, 9.17) is 1.37 Å². The van der Waals surface area contributed by atoms with E-state index in [9.17, 15) is 0 Å². The summed E-state index contributed by atoms with van der Waals surface area (Å²) in [5.41, 5.74) is 6.85. The lowest BCUT2D eigenvalue weighted by Gasteiger charge is -2.11. The molecule has 0 aliphatic heterocycles. The van der Waals surface area contributed by atoms with Gasteiger partial charge in [0, 0.05) is 28.8 Å². The predicted molar refractivity (Wildman–Crippen MR) is 139 cm³/mol. The van der Waals surface area contributed by atoms with Crippen LogP contribution in [0.1, 0.15) is 1.37 Å². The highest BCUT2D eigenvalue weighted by Gasteiger charge is 2.16. The fourth-order valence-electron chi connectivity index (χ4n) is 4.63. The van der Waals surface area contributed by atoms with Crippen molar-refractivity contribution in [3.05, 3.63) is 115 Å². The van der Waals surface area contributed by atoms with Crippen LogP contribution in [0.15, 0.2) is 115 Å². The number of fused-ring (bicyclic) bond motifs is 3. The van der Waals surface area contributed by atoms with E-state index in [0.717, 1.165) is 28.0 Å². The number of aromatic nitrogens is 3. The molecule has 0 bridgehead atoms. The minimum Gasteiger partial charge on any atom is -0.294 e. The van der Waals surface area contributed by atoms with Crippen molar-refractivity contribution in [3.8, 4) is 16.9 Å². The molecule has 0 atom stereocenters. The number of hydrogen-bond donors (Lipinski definition) is 0. The predicted octanol–water partition coefficient (Wildman–Crippen LogP) is 5.48. The smallest absolute Gasteiger partial charge is 0.230 e. The Kier molecular flexibility index (Phi) is 4.50. The maximum absolute atomic E-state index is 7.83. The second-order valence-corrected chi connectivity index (χ2v) is 8.30. The van der Waals surface area contributed by atoms with Gasteiger partial charge < -0.3 is 0 Å². The van der Waals surface area contributed by atoms with Gasteiger partial charge >= 0.3 is 0 Å². The average Bonchev–Trinajstić information content (AvgIpc) is 3.23. The minimum atomic E-state index is 0.212. The van der Waals surface area contributed by atoms with E-state index in [1.165, 1.54) is 21.8 Å². The zero-order valence-electron chi connectivity index (χ0n) is 19.3. The summed E-state index contributed by atoms with van der Waals surface area (Å²) in [6, 6.07) is 34.0. The molecule has 3 aromatic carbocycles. The quantitative estimate of drug-likeness (QED) is 0.351. The zero-order valence-corrected chi connectivity index (χ0v) is 18.3. The van der Waals surface area contributed by atoms with E-state index in [1.807, 2.05) is 24.4 Å². The Bertz CT molecular complexity index is 1630. The highest BCUT2D eigenvalue weighted by molar-refractivity contribution is 6.83. The first-order valence-electron chi connectivity index (χ1n) is 11.7. The highest BCUT2D eigenvalue weighted by Crippen LogP contribution is 2.34. The van der Waals surface area contributed by atoms with E-state index in [-0.39, 0.29) is 6.71 Å². The molecular formula is C29H22BN3. The second-order valence-electron chi connectivity index (χ2n) is 8.30. The molecule has 0 aliphatic carbocycles. The van der Waals surface area contributed by atoms with Crippen molar-refractivity contribution in [2.45, 2.75) is 6.82 Å². The Hall–Kier alpha value is -4.18. The van der Waals surface area contributed by atoms with E-state index >= 15 is 0 Å². The van der Waals surface area contributed by atoms with Crippen LogP contribution in [0.4, 0.5) is 0 Å². The molecule has 156 valence electrons. The Morgan fingerprint density at radius 3 is 2.39 bits per heavy atom. The minimum absolute atomic E-state index is 0.212. The van der Waals surface area contributed by atoms with Gasteiger partial charge in [-0.05, 0) is 47.5 Å². The van der Waals surface area contributed by atoms with E-state index < -0.39 is 0 Å². The molecule has 6 rings (SSSR count). The molecule has 6 aromatic rings. The maximum Gasteiger partial charge on any atom is 0.230 e. The van der Waals surface area contributed by atoms with Gasteiger partial charge in [-0.15, -0.1) is 0 Å². The Balaban J connectivity index is 1.51. The normalized spacial score (nSPS) is 11.6. The van der Waals surface area contributed by atoms with Crippen molar-refractivity contribution in [1.29, 1.82) is 0 Å². The Morgan fingerprint density at radius 1 is 0.697 bits per heavy atom. The number of nitrogens with zero attached hydrogens (tertiary/aromatic N) is 3. The molecule has 0 spiro atoms. The molecule has 0 amide bonds. The van der Waals surface area contributed by atoms with Crippen LogP contribution in [-0.2, 0) is 0 Å². The molecule has 0 saturated heterocycles. The summed E-state index contributed by atoms with van der Waals surface area (Å²) >= 11 is 0. The molecule has 0 N–H and O–H groups in total. The maximum atomic E-state index is 7.83. The van der Waals surface area contributed by atoms with Crippen LogP contribution < -0.4 is 11.1 Å². The first kappa shape index (κ1) is 18.4. The largest absolute Gasteiger partial charge is 0.294 e. The lowest BCUT2D eigenvalue weighted by molar-refractivity contribution is 1.08. The van der Waals surface area contributed by atoms with Gasteiger partial charge in [0.15, 0.2) is 0 Å². The summed E-state index contributed by atoms with van der Waals surface area (Å²) < 4.78 is 10.0. The molecule has 0 saturated carbocycles. The Morgan fingerprint density at radius 2 is 1.55 bits per heavy atom. The third-order valence-corrected chi connectivity index (χ3v) is 6.35. The molecule has 0 unspecified atom stereocenters. The van der Waals surface area contributed by atoms with Crippen molar-refractivity contribution in [2.24, 2.45) is 0 Å².